The second-order valence-electron chi connectivity index (χ2n) is 7.88. The van der Waals surface area contributed by atoms with Crippen molar-refractivity contribution in [2.75, 3.05) is 19.7 Å². The summed E-state index contributed by atoms with van der Waals surface area (Å²) in [6.45, 7) is 12.1. The van der Waals surface area contributed by atoms with Crippen molar-refractivity contribution >= 4 is 0 Å². The highest BCUT2D eigenvalue weighted by Gasteiger charge is 2.28. The first-order chi connectivity index (χ1) is 10.0. The van der Waals surface area contributed by atoms with Gasteiger partial charge in [-0.15, -0.1) is 0 Å². The number of hydrogen-bond donors (Lipinski definition) is 1. The molecule has 1 aliphatic carbocycles. The summed E-state index contributed by atoms with van der Waals surface area (Å²) in [5, 5.41) is 3.50. The van der Waals surface area contributed by atoms with Crippen molar-refractivity contribution in [1.82, 2.24) is 5.32 Å². The molecule has 0 spiro atoms. The molecule has 1 saturated carbocycles. The van der Waals surface area contributed by atoms with Crippen LogP contribution in [0.3, 0.4) is 0 Å². The molecule has 3 heteroatoms. The van der Waals surface area contributed by atoms with Gasteiger partial charge in [0.2, 0.25) is 0 Å². The fourth-order valence-electron chi connectivity index (χ4n) is 3.84. The molecular weight excluding hydrogens is 262 g/mol. The second-order valence-corrected chi connectivity index (χ2v) is 7.88. The van der Waals surface area contributed by atoms with E-state index in [9.17, 15) is 0 Å². The Labute approximate surface area is 131 Å². The third-order valence-corrected chi connectivity index (χ3v) is 4.77. The van der Waals surface area contributed by atoms with E-state index in [1.165, 1.54) is 25.7 Å². The van der Waals surface area contributed by atoms with Crippen molar-refractivity contribution in [3.05, 3.63) is 0 Å². The molecule has 1 aliphatic heterocycles. The lowest BCUT2D eigenvalue weighted by Crippen LogP contribution is -2.32. The first kappa shape index (κ1) is 17.2. The normalized spacial score (nSPS) is 37.3. The molecule has 3 nitrogen and oxygen atoms in total. The van der Waals surface area contributed by atoms with E-state index in [1.54, 1.807) is 0 Å². The Morgan fingerprint density at radius 2 is 1.71 bits per heavy atom. The Morgan fingerprint density at radius 1 is 1.05 bits per heavy atom. The van der Waals surface area contributed by atoms with Gasteiger partial charge in [0.05, 0.1) is 24.9 Å². The lowest BCUT2D eigenvalue weighted by Gasteiger charge is -2.32. The van der Waals surface area contributed by atoms with Gasteiger partial charge in [0, 0.05) is 6.54 Å². The highest BCUT2D eigenvalue weighted by Crippen LogP contribution is 2.31. The molecule has 1 heterocycles. The smallest absolute Gasteiger partial charge is 0.0814 e. The highest BCUT2D eigenvalue weighted by molar-refractivity contribution is 4.78. The van der Waals surface area contributed by atoms with Crippen LogP contribution in [0, 0.1) is 17.8 Å². The summed E-state index contributed by atoms with van der Waals surface area (Å²) in [6.07, 6.45) is 7.34. The van der Waals surface area contributed by atoms with Gasteiger partial charge in [-0.1, -0.05) is 27.7 Å². The maximum atomic E-state index is 6.15. The maximum Gasteiger partial charge on any atom is 0.0814 e. The van der Waals surface area contributed by atoms with E-state index in [1.807, 2.05) is 0 Å². The van der Waals surface area contributed by atoms with E-state index < -0.39 is 0 Å². The molecule has 21 heavy (non-hydrogen) atoms. The fraction of sp³-hybridized carbons (Fsp3) is 1.00. The SMILES string of the molecule is CC(C)CNCC1CCC(COC2CC(C)CC(C)C2)O1. The van der Waals surface area contributed by atoms with Gasteiger partial charge >= 0.3 is 0 Å². The standard InChI is InChI=1S/C18H35NO2/c1-13(2)10-19-11-16-5-6-17(21-16)12-20-18-8-14(3)7-15(4)9-18/h13-19H,5-12H2,1-4H3. The van der Waals surface area contributed by atoms with Gasteiger partial charge in [0.25, 0.3) is 0 Å². The molecule has 0 amide bonds. The summed E-state index contributed by atoms with van der Waals surface area (Å²) in [4.78, 5) is 0. The van der Waals surface area contributed by atoms with Gasteiger partial charge in [0.15, 0.2) is 0 Å². The molecular formula is C18H35NO2. The topological polar surface area (TPSA) is 30.5 Å². The predicted octanol–water partition coefficient (Wildman–Crippen LogP) is 3.62. The molecule has 1 saturated heterocycles. The quantitative estimate of drug-likeness (QED) is 0.778. The van der Waals surface area contributed by atoms with E-state index in [0.29, 0.717) is 24.2 Å². The molecule has 2 fully saturated rings. The first-order valence-corrected chi connectivity index (χ1v) is 9.00. The Kier molecular flexibility index (Phi) is 6.97. The molecule has 4 unspecified atom stereocenters. The zero-order chi connectivity index (χ0) is 15.2. The minimum atomic E-state index is 0.323. The van der Waals surface area contributed by atoms with Gasteiger partial charge in [-0.25, -0.2) is 0 Å². The van der Waals surface area contributed by atoms with Crippen LogP contribution in [0.5, 0.6) is 0 Å². The Hall–Kier alpha value is -0.120. The lowest BCUT2D eigenvalue weighted by molar-refractivity contribution is -0.0609. The van der Waals surface area contributed by atoms with Gasteiger partial charge in [-0.05, 0) is 56.4 Å². The predicted molar refractivity (Wildman–Crippen MR) is 87.5 cm³/mol. The largest absolute Gasteiger partial charge is 0.376 e. The Bertz CT molecular complexity index is 285. The van der Waals surface area contributed by atoms with Crippen LogP contribution in [0.1, 0.15) is 59.8 Å². The van der Waals surface area contributed by atoms with Crippen molar-refractivity contribution in [2.24, 2.45) is 17.8 Å². The van der Waals surface area contributed by atoms with Crippen molar-refractivity contribution < 1.29 is 9.47 Å². The summed E-state index contributed by atoms with van der Waals surface area (Å²) >= 11 is 0. The van der Waals surface area contributed by atoms with E-state index in [2.05, 4.69) is 33.0 Å². The molecule has 124 valence electrons. The van der Waals surface area contributed by atoms with E-state index >= 15 is 0 Å². The van der Waals surface area contributed by atoms with E-state index in [0.717, 1.165) is 38.0 Å². The molecule has 0 bridgehead atoms. The Morgan fingerprint density at radius 3 is 2.38 bits per heavy atom. The third kappa shape index (κ3) is 6.25. The van der Waals surface area contributed by atoms with Crippen LogP contribution in [0.2, 0.25) is 0 Å². The summed E-state index contributed by atoms with van der Waals surface area (Å²) in [6, 6.07) is 0. The molecule has 1 N–H and O–H groups in total. The molecule has 0 aromatic rings. The number of nitrogens with one attached hydrogen (secondary N) is 1. The van der Waals surface area contributed by atoms with Crippen LogP contribution in [-0.4, -0.2) is 38.0 Å². The minimum Gasteiger partial charge on any atom is -0.376 e. The molecule has 4 atom stereocenters. The van der Waals surface area contributed by atoms with Crippen molar-refractivity contribution in [3.8, 4) is 0 Å². The maximum absolute atomic E-state index is 6.15. The van der Waals surface area contributed by atoms with Crippen LogP contribution in [-0.2, 0) is 9.47 Å². The summed E-state index contributed by atoms with van der Waals surface area (Å²) in [5.41, 5.74) is 0. The number of rotatable bonds is 7. The fourth-order valence-corrected chi connectivity index (χ4v) is 3.84. The molecule has 2 aliphatic rings. The summed E-state index contributed by atoms with van der Waals surface area (Å²) < 4.78 is 12.3. The van der Waals surface area contributed by atoms with Crippen molar-refractivity contribution in [1.29, 1.82) is 0 Å². The van der Waals surface area contributed by atoms with Crippen LogP contribution < -0.4 is 5.32 Å². The number of hydrogen-bond acceptors (Lipinski definition) is 3. The van der Waals surface area contributed by atoms with Crippen LogP contribution >= 0.6 is 0 Å². The van der Waals surface area contributed by atoms with E-state index in [-0.39, 0.29) is 0 Å². The molecule has 0 aromatic carbocycles. The van der Waals surface area contributed by atoms with Crippen LogP contribution in [0.4, 0.5) is 0 Å². The highest BCUT2D eigenvalue weighted by atomic mass is 16.5. The molecule has 0 aromatic heterocycles. The number of ether oxygens (including phenoxy) is 2. The van der Waals surface area contributed by atoms with Crippen molar-refractivity contribution in [3.63, 3.8) is 0 Å². The lowest BCUT2D eigenvalue weighted by atomic mass is 9.82. The van der Waals surface area contributed by atoms with Gasteiger partial charge in [-0.3, -0.25) is 0 Å². The average Bonchev–Trinajstić information content (AvgIpc) is 2.83. The molecule has 2 rings (SSSR count). The third-order valence-electron chi connectivity index (χ3n) is 4.77. The minimum absolute atomic E-state index is 0.323. The van der Waals surface area contributed by atoms with Crippen molar-refractivity contribution in [2.45, 2.75) is 78.1 Å². The van der Waals surface area contributed by atoms with Crippen LogP contribution in [0.15, 0.2) is 0 Å². The zero-order valence-corrected chi connectivity index (χ0v) is 14.4. The first-order valence-electron chi connectivity index (χ1n) is 9.00. The Balaban J connectivity index is 1.59. The zero-order valence-electron chi connectivity index (χ0n) is 14.4. The van der Waals surface area contributed by atoms with Crippen LogP contribution in [0.25, 0.3) is 0 Å². The van der Waals surface area contributed by atoms with E-state index in [4.69, 9.17) is 9.47 Å². The van der Waals surface area contributed by atoms with Gasteiger partial charge in [0.1, 0.15) is 0 Å². The summed E-state index contributed by atoms with van der Waals surface area (Å²) in [5.74, 6) is 2.34. The summed E-state index contributed by atoms with van der Waals surface area (Å²) in [7, 11) is 0. The van der Waals surface area contributed by atoms with Gasteiger partial charge in [-0.2, -0.15) is 0 Å². The molecule has 0 radical (unpaired) electrons. The average molecular weight is 297 g/mol. The monoisotopic (exact) mass is 297 g/mol. The van der Waals surface area contributed by atoms with Gasteiger partial charge < -0.3 is 14.8 Å². The second kappa shape index (κ2) is 8.50.